The first-order chi connectivity index (χ1) is 63.4. The third kappa shape index (κ3) is 21.6. The number of thiophene rings is 1. The van der Waals surface area contributed by atoms with Crippen molar-refractivity contribution in [2.75, 3.05) is 106 Å². The van der Waals surface area contributed by atoms with Crippen LogP contribution in [0.3, 0.4) is 0 Å². The van der Waals surface area contributed by atoms with Gasteiger partial charge in [0.1, 0.15) is 23.1 Å². The smallest absolute Gasteiger partial charge is 0.248 e. The number of carbonyl (C=O) groups is 3. The van der Waals surface area contributed by atoms with Crippen molar-refractivity contribution >= 4 is 93.1 Å². The van der Waals surface area contributed by atoms with Gasteiger partial charge in [0.25, 0.3) is 0 Å². The summed E-state index contributed by atoms with van der Waals surface area (Å²) in [6.45, 7) is 15.0. The van der Waals surface area contributed by atoms with Gasteiger partial charge in [-0.2, -0.15) is 8.61 Å². The fourth-order valence-corrected chi connectivity index (χ4v) is 31.0. The summed E-state index contributed by atoms with van der Waals surface area (Å²) >= 11 is 14.4. The Labute approximate surface area is 797 Å². The molecule has 0 radical (unpaired) electrons. The van der Waals surface area contributed by atoms with Crippen LogP contribution in [0.1, 0.15) is 237 Å². The number of halogens is 4. The van der Waals surface area contributed by atoms with Gasteiger partial charge in [-0.25, -0.2) is 38.8 Å². The molecule has 10 fully saturated rings. The van der Waals surface area contributed by atoms with Crippen molar-refractivity contribution in [1.29, 1.82) is 0 Å². The highest BCUT2D eigenvalue weighted by molar-refractivity contribution is 7.90. The molecule has 712 valence electrons. The van der Waals surface area contributed by atoms with Gasteiger partial charge in [0, 0.05) is 98.3 Å². The van der Waals surface area contributed by atoms with Crippen LogP contribution in [0.15, 0.2) is 184 Å². The minimum atomic E-state index is -3.89. The summed E-state index contributed by atoms with van der Waals surface area (Å²) in [7, 11) is -6.91. The van der Waals surface area contributed by atoms with E-state index < -0.39 is 36.1 Å². The molecular formula is C105H135Cl2F2N9O10S4. The summed E-state index contributed by atoms with van der Waals surface area (Å²) in [5, 5.41) is 4.81. The van der Waals surface area contributed by atoms with Crippen LogP contribution in [0.4, 0.5) is 8.78 Å². The number of amides is 3. The van der Waals surface area contributed by atoms with Crippen LogP contribution in [0, 0.1) is 48.7 Å². The normalized spacial score (nSPS) is 21.9. The van der Waals surface area contributed by atoms with Gasteiger partial charge in [-0.05, 0) is 361 Å². The molecule has 8 aromatic rings. The maximum atomic E-state index is 14.4. The fraction of sp³-hybridized carbons (Fsp3) is 0.552. The van der Waals surface area contributed by atoms with Crippen LogP contribution >= 0.6 is 34.5 Å². The van der Waals surface area contributed by atoms with Gasteiger partial charge >= 0.3 is 0 Å². The van der Waals surface area contributed by atoms with Gasteiger partial charge in [-0.15, -0.1) is 11.3 Å². The Bertz CT molecular complexity index is 5670. The summed E-state index contributed by atoms with van der Waals surface area (Å²) in [4.78, 5) is 55.9. The molecule has 3 spiro atoms. The van der Waals surface area contributed by atoms with E-state index in [4.69, 9.17) is 27.9 Å². The molecule has 2 unspecified atom stereocenters. The molecule has 3 amide bonds. The van der Waals surface area contributed by atoms with Crippen molar-refractivity contribution in [3.05, 3.63) is 229 Å². The first-order valence-electron chi connectivity index (χ1n) is 48.6. The molecule has 7 heterocycles. The zero-order valence-corrected chi connectivity index (χ0v) is 82.6. The number of ether oxygens (including phenoxy) is 1. The third-order valence-corrected chi connectivity index (χ3v) is 40.1. The van der Waals surface area contributed by atoms with E-state index in [9.17, 15) is 48.4 Å². The van der Waals surface area contributed by atoms with Gasteiger partial charge in [0.05, 0.1) is 33.0 Å². The van der Waals surface area contributed by atoms with Crippen molar-refractivity contribution in [3.8, 4) is 0 Å². The summed E-state index contributed by atoms with van der Waals surface area (Å²) in [5.41, 5.74) is 5.75. The molecule has 10 aliphatic rings. The van der Waals surface area contributed by atoms with E-state index >= 15 is 0 Å². The average Bonchev–Trinajstić information content (AvgIpc) is 1.23. The predicted octanol–water partition coefficient (Wildman–Crippen LogP) is 20.7. The number of aryl methyl sites for hydroxylation is 3. The van der Waals surface area contributed by atoms with E-state index in [0.29, 0.717) is 58.9 Å². The lowest BCUT2D eigenvalue weighted by Gasteiger charge is -2.53. The molecule has 1 aromatic heterocycles. The largest absolute Gasteiger partial charge is 0.370 e. The third-order valence-electron chi connectivity index (χ3n) is 32.5. The van der Waals surface area contributed by atoms with Gasteiger partial charge in [0.2, 0.25) is 47.8 Å². The van der Waals surface area contributed by atoms with Crippen molar-refractivity contribution in [2.45, 2.75) is 263 Å². The van der Waals surface area contributed by atoms with Crippen LogP contribution in [0.2, 0.25) is 10.0 Å². The second-order valence-electron chi connectivity index (χ2n) is 40.3. The second-order valence-corrected chi connectivity index (χ2v) is 47.4. The highest BCUT2D eigenvalue weighted by Gasteiger charge is 2.53. The molecule has 18 rings (SSSR count). The maximum Gasteiger partial charge on any atom is 0.248 e. The van der Waals surface area contributed by atoms with Crippen LogP contribution < -0.4 is 4.72 Å². The number of rotatable bonds is 25. The van der Waals surface area contributed by atoms with Crippen LogP contribution in [0.25, 0.3) is 10.8 Å². The Morgan fingerprint density at radius 3 is 1.55 bits per heavy atom. The number of nitrogens with zero attached hydrogens (tertiary/aromatic N) is 8. The van der Waals surface area contributed by atoms with E-state index in [0.717, 1.165) is 220 Å². The molecule has 6 aliphatic heterocycles. The molecule has 0 bridgehead atoms. The number of piperidine rings is 4. The molecule has 4 saturated carbocycles. The van der Waals surface area contributed by atoms with Gasteiger partial charge in [-0.1, -0.05) is 133 Å². The van der Waals surface area contributed by atoms with E-state index in [2.05, 4.69) is 63.2 Å². The molecule has 4 aliphatic carbocycles. The Hall–Kier alpha value is -7.08. The topological polar surface area (TPSA) is 201 Å². The Morgan fingerprint density at radius 2 is 1.02 bits per heavy atom. The highest BCUT2D eigenvalue weighted by atomic mass is 35.5. The van der Waals surface area contributed by atoms with Crippen LogP contribution in [-0.2, 0) is 65.8 Å². The lowest BCUT2D eigenvalue weighted by Crippen LogP contribution is -2.52. The lowest BCUT2D eigenvalue weighted by atomic mass is 9.61. The Balaban J connectivity index is 0.000000145. The number of fused-ring (bicyclic) bond motifs is 1. The van der Waals surface area contributed by atoms with Gasteiger partial charge in [0.15, 0.2) is 0 Å². The number of nitrogens with one attached hydrogen (secondary N) is 1. The first-order valence-corrected chi connectivity index (χ1v) is 54.6. The zero-order valence-electron chi connectivity index (χ0n) is 77.8. The van der Waals surface area contributed by atoms with E-state index in [1.807, 2.05) is 106 Å². The SMILES string of the molecule is Cc1cc(S(=O)(=O)N2CCCCC2CCC(=O)N2CCC3(CC2)CCC(c2cccc(F)c2)(N2CCCC2)CC3)c(C)cc1Cl.Cc1cccc(Cl)c1S(=O)(=O)N(CCOCC(=O)N1CCC2(CC1)CCC(c1cccs1)(N(C)C)CC2)C1CC1.O=C(CC(NS(=O)(=O)c1ccc2ccccc2c1)c1ccccc1)N1CCC2(CC1)CCC(c1cccc(F)c1)(N1CCCC1)CC2. The van der Waals surface area contributed by atoms with E-state index in [1.165, 1.54) is 53.8 Å². The van der Waals surface area contributed by atoms with Crippen LogP contribution in [0.5, 0.6) is 0 Å². The van der Waals surface area contributed by atoms with Crippen LogP contribution in [-0.4, -0.2) is 199 Å². The number of likely N-dealkylation sites (tertiary alicyclic amines) is 5. The molecule has 132 heavy (non-hydrogen) atoms. The summed E-state index contributed by atoms with van der Waals surface area (Å²) in [6.07, 6.45) is 29.2. The van der Waals surface area contributed by atoms with Crippen molar-refractivity contribution in [3.63, 3.8) is 0 Å². The number of hydrogen-bond donors (Lipinski definition) is 1. The number of sulfonamides is 3. The minimum Gasteiger partial charge on any atom is -0.370 e. The molecule has 19 nitrogen and oxygen atoms in total. The molecule has 7 aromatic carbocycles. The Morgan fingerprint density at radius 1 is 0.500 bits per heavy atom. The van der Waals surface area contributed by atoms with Crippen molar-refractivity contribution < 1.29 is 53.2 Å². The van der Waals surface area contributed by atoms with E-state index in [1.54, 1.807) is 78.8 Å². The van der Waals surface area contributed by atoms with Gasteiger partial charge < -0.3 is 19.4 Å². The molecule has 1 N–H and O–H groups in total. The molecule has 27 heteroatoms. The monoisotopic (exact) mass is 1920 g/mol. The number of hydrogen-bond acceptors (Lipinski definition) is 14. The number of benzene rings is 7. The number of carbonyl (C=O) groups excluding carboxylic acids is 3. The van der Waals surface area contributed by atoms with Gasteiger partial charge in [-0.3, -0.25) is 29.1 Å². The fourth-order valence-electron chi connectivity index (χ4n) is 24.0. The summed E-state index contributed by atoms with van der Waals surface area (Å²) in [6, 6.07) is 48.8. The summed E-state index contributed by atoms with van der Waals surface area (Å²) in [5.74, 6) is -0.205. The molecular weight excluding hydrogens is 1780 g/mol. The standard InChI is InChI=1S/C39H44FN3O3S.C36H49ClFN3O3S.C30H42ClN3O4S2/c40-34-14-8-13-33(28-34)39(43-23-6-7-24-43)19-17-38(18-20-39)21-25-42(26-22-38)37(44)29-36(31-10-2-1-3-11-31)41-47(45,46)35-16-15-30-9-4-5-12-32(30)27-35;1-27-25-33(28(2)24-32(27)37)45(43,44)41-21-4-3-10-31(41)11-12-34(42)39-22-17-35(18-23-39)13-15-36(16-14-35,40-19-5-6-20-40)29-8-7-9-30(38)26-29;1-23-6-4-7-25(31)28(23)40(36,37)34(24-9-10-24)19-20-38-22-27(35)33-17-15-29(16-18-33)11-13-30(14-12-29,32(2)3)26-8-5-21-39-26/h1-5,8-16,27-28,36,41H,6-7,17-26,29H2;7-9,24-26,31H,3-6,10-23H2,1-2H3;4-8,21,24H,9-20,22H2,1-3H3. The minimum absolute atomic E-state index is 0.00494. The van der Waals surface area contributed by atoms with Crippen molar-refractivity contribution in [1.82, 2.24) is 42.7 Å². The van der Waals surface area contributed by atoms with E-state index in [-0.39, 0.29) is 110 Å². The molecule has 2 atom stereocenters. The van der Waals surface area contributed by atoms with Crippen molar-refractivity contribution in [2.24, 2.45) is 16.2 Å². The predicted molar refractivity (Wildman–Crippen MR) is 521 cm³/mol. The lowest BCUT2D eigenvalue weighted by molar-refractivity contribution is -0.139. The first kappa shape index (κ1) is 98.0. The molecule has 6 saturated heterocycles. The summed E-state index contributed by atoms with van der Waals surface area (Å²) < 4.78 is 122. The average molecular weight is 1920 g/mol. The second kappa shape index (κ2) is 41.7. The maximum absolute atomic E-state index is 14.4. The Kier molecular flexibility index (Phi) is 30.9. The quantitative estimate of drug-likeness (QED) is 0.0530. The zero-order chi connectivity index (χ0) is 92.9. The highest BCUT2D eigenvalue weighted by Crippen LogP contribution is 2.58.